The lowest BCUT2D eigenvalue weighted by Crippen LogP contribution is -2.14. The summed E-state index contributed by atoms with van der Waals surface area (Å²) >= 11 is 0. The Balaban J connectivity index is 1.84. The van der Waals surface area contributed by atoms with Gasteiger partial charge in [-0.15, -0.1) is 0 Å². The normalized spacial score (nSPS) is 10.5. The second-order valence-corrected chi connectivity index (χ2v) is 5.33. The van der Waals surface area contributed by atoms with Crippen LogP contribution in [0.25, 0.3) is 0 Å². The van der Waals surface area contributed by atoms with E-state index in [0.717, 1.165) is 5.56 Å². The standard InChI is InChI=1S/C18H18O8/c1-12-6-7-15(16(8-12)17(19)20)18(21)23-11-26-25-10-14-5-3-2-4-13(14)9-24-22/h2-8,22H,9-11H2,1H3,(H,19,20). The van der Waals surface area contributed by atoms with Crippen molar-refractivity contribution in [2.45, 2.75) is 20.1 Å². The van der Waals surface area contributed by atoms with Crippen molar-refractivity contribution in [3.63, 3.8) is 0 Å². The molecule has 0 radical (unpaired) electrons. The Morgan fingerprint density at radius 2 is 1.65 bits per heavy atom. The van der Waals surface area contributed by atoms with Crippen LogP contribution in [0.2, 0.25) is 0 Å². The van der Waals surface area contributed by atoms with Gasteiger partial charge in [-0.3, -0.25) is 5.26 Å². The third kappa shape index (κ3) is 5.36. The van der Waals surface area contributed by atoms with Gasteiger partial charge in [0, 0.05) is 0 Å². The van der Waals surface area contributed by atoms with Gasteiger partial charge in [0.05, 0.1) is 11.1 Å². The fourth-order valence-corrected chi connectivity index (χ4v) is 2.22. The van der Waals surface area contributed by atoms with Gasteiger partial charge >= 0.3 is 11.9 Å². The van der Waals surface area contributed by atoms with Crippen LogP contribution in [0.4, 0.5) is 0 Å². The summed E-state index contributed by atoms with van der Waals surface area (Å²) in [7, 11) is 0. The molecule has 0 saturated carbocycles. The van der Waals surface area contributed by atoms with E-state index in [0.29, 0.717) is 11.1 Å². The topological polar surface area (TPSA) is 112 Å². The molecule has 138 valence electrons. The van der Waals surface area contributed by atoms with Gasteiger partial charge in [-0.05, 0) is 30.2 Å². The second-order valence-electron chi connectivity index (χ2n) is 5.33. The Kier molecular flexibility index (Phi) is 7.24. The van der Waals surface area contributed by atoms with Gasteiger partial charge in [0.2, 0.25) is 6.79 Å². The molecule has 0 heterocycles. The zero-order valence-electron chi connectivity index (χ0n) is 14.0. The molecule has 0 unspecified atom stereocenters. The highest BCUT2D eigenvalue weighted by Crippen LogP contribution is 2.14. The minimum Gasteiger partial charge on any atom is -0.478 e. The Labute approximate surface area is 149 Å². The number of carbonyl (C=O) groups is 2. The van der Waals surface area contributed by atoms with Gasteiger partial charge in [-0.1, -0.05) is 35.9 Å². The van der Waals surface area contributed by atoms with Crippen molar-refractivity contribution in [1.82, 2.24) is 0 Å². The Hall–Kier alpha value is -2.78. The third-order valence-corrected chi connectivity index (χ3v) is 3.50. The average Bonchev–Trinajstić information content (AvgIpc) is 2.62. The van der Waals surface area contributed by atoms with E-state index < -0.39 is 18.7 Å². The van der Waals surface area contributed by atoms with Gasteiger partial charge in [0.15, 0.2) is 0 Å². The smallest absolute Gasteiger partial charge is 0.341 e. The average molecular weight is 362 g/mol. The lowest BCUT2D eigenvalue weighted by Gasteiger charge is -2.10. The van der Waals surface area contributed by atoms with E-state index >= 15 is 0 Å². The quantitative estimate of drug-likeness (QED) is 0.230. The maximum Gasteiger partial charge on any atom is 0.341 e. The fraction of sp³-hybridized carbons (Fsp3) is 0.222. The van der Waals surface area contributed by atoms with Gasteiger partial charge in [-0.25, -0.2) is 19.4 Å². The molecule has 0 bridgehead atoms. The molecule has 2 N–H and O–H groups in total. The van der Waals surface area contributed by atoms with Crippen LogP contribution in [-0.2, 0) is 32.6 Å². The summed E-state index contributed by atoms with van der Waals surface area (Å²) in [5.74, 6) is -2.05. The second kappa shape index (κ2) is 9.64. The monoisotopic (exact) mass is 362 g/mol. The van der Waals surface area contributed by atoms with Gasteiger partial charge in [-0.2, -0.15) is 4.89 Å². The summed E-state index contributed by atoms with van der Waals surface area (Å²) in [4.78, 5) is 37.0. The molecular formula is C18H18O8. The molecule has 0 aliphatic heterocycles. The highest BCUT2D eigenvalue weighted by atomic mass is 17.2. The van der Waals surface area contributed by atoms with Crippen LogP contribution in [0.1, 0.15) is 37.4 Å². The summed E-state index contributed by atoms with van der Waals surface area (Å²) in [6.45, 7) is 1.25. The van der Waals surface area contributed by atoms with E-state index in [1.807, 2.05) is 0 Å². The number of benzene rings is 2. The van der Waals surface area contributed by atoms with Crippen molar-refractivity contribution in [2.75, 3.05) is 6.79 Å². The molecule has 2 aromatic carbocycles. The van der Waals surface area contributed by atoms with E-state index in [4.69, 9.17) is 24.9 Å². The fourth-order valence-electron chi connectivity index (χ4n) is 2.22. The maximum absolute atomic E-state index is 12.0. The van der Waals surface area contributed by atoms with Crippen LogP contribution in [-0.4, -0.2) is 29.1 Å². The largest absolute Gasteiger partial charge is 0.478 e. The molecule has 0 atom stereocenters. The number of esters is 1. The SMILES string of the molecule is Cc1ccc(C(=O)OCOOCc2ccccc2COO)c(C(=O)O)c1. The van der Waals surface area contributed by atoms with Crippen molar-refractivity contribution in [2.24, 2.45) is 0 Å². The maximum atomic E-state index is 12.0. The van der Waals surface area contributed by atoms with E-state index in [2.05, 4.69) is 4.89 Å². The van der Waals surface area contributed by atoms with Crippen molar-refractivity contribution >= 4 is 11.9 Å². The third-order valence-electron chi connectivity index (χ3n) is 3.50. The molecule has 8 nitrogen and oxygen atoms in total. The highest BCUT2D eigenvalue weighted by molar-refractivity contribution is 6.02. The summed E-state index contributed by atoms with van der Waals surface area (Å²) in [5, 5.41) is 17.7. The number of carboxylic acid groups (broad SMARTS) is 1. The number of aryl methyl sites for hydroxylation is 1. The van der Waals surface area contributed by atoms with Crippen molar-refractivity contribution < 1.29 is 39.4 Å². The lowest BCUT2D eigenvalue weighted by atomic mass is 10.0. The Morgan fingerprint density at radius 3 is 2.31 bits per heavy atom. The molecule has 8 heteroatoms. The van der Waals surface area contributed by atoms with Crippen molar-refractivity contribution in [1.29, 1.82) is 0 Å². The highest BCUT2D eigenvalue weighted by Gasteiger charge is 2.18. The number of rotatable bonds is 9. The first kappa shape index (κ1) is 19.5. The van der Waals surface area contributed by atoms with Gasteiger partial charge < -0.3 is 9.84 Å². The molecule has 26 heavy (non-hydrogen) atoms. The minimum absolute atomic E-state index is 0.0000909. The number of carboxylic acids is 1. The van der Waals surface area contributed by atoms with Crippen LogP contribution >= 0.6 is 0 Å². The first-order valence-electron chi connectivity index (χ1n) is 7.61. The summed E-state index contributed by atoms with van der Waals surface area (Å²) in [6.07, 6.45) is 0. The van der Waals surface area contributed by atoms with Crippen LogP contribution in [0.15, 0.2) is 42.5 Å². The molecule has 0 amide bonds. The van der Waals surface area contributed by atoms with Crippen LogP contribution in [0, 0.1) is 6.92 Å². The predicted molar refractivity (Wildman–Crippen MR) is 88.2 cm³/mol. The predicted octanol–water partition coefficient (Wildman–Crippen LogP) is 2.95. The Morgan fingerprint density at radius 1 is 0.962 bits per heavy atom. The van der Waals surface area contributed by atoms with Crippen LogP contribution in [0.3, 0.4) is 0 Å². The molecule has 0 aliphatic carbocycles. The lowest BCUT2D eigenvalue weighted by molar-refractivity contribution is -0.335. The number of hydrogen-bond acceptors (Lipinski definition) is 7. The summed E-state index contributed by atoms with van der Waals surface area (Å²) in [6, 6.07) is 11.4. The summed E-state index contributed by atoms with van der Waals surface area (Å²) < 4.78 is 4.86. The molecule has 2 aromatic rings. The van der Waals surface area contributed by atoms with Crippen molar-refractivity contribution in [3.8, 4) is 0 Å². The summed E-state index contributed by atoms with van der Waals surface area (Å²) in [5.41, 5.74) is 1.93. The first-order valence-corrected chi connectivity index (χ1v) is 7.61. The van der Waals surface area contributed by atoms with Gasteiger partial charge in [0.1, 0.15) is 13.2 Å². The number of hydrogen-bond donors (Lipinski definition) is 2. The van der Waals surface area contributed by atoms with Crippen molar-refractivity contribution in [3.05, 3.63) is 70.3 Å². The molecular weight excluding hydrogens is 344 g/mol. The zero-order chi connectivity index (χ0) is 18.9. The molecule has 2 rings (SSSR count). The van der Waals surface area contributed by atoms with Crippen LogP contribution in [0.5, 0.6) is 0 Å². The molecule has 0 spiro atoms. The number of ether oxygens (including phenoxy) is 1. The van der Waals surface area contributed by atoms with E-state index in [9.17, 15) is 9.59 Å². The van der Waals surface area contributed by atoms with Crippen LogP contribution < -0.4 is 0 Å². The zero-order valence-corrected chi connectivity index (χ0v) is 14.0. The molecule has 0 aromatic heterocycles. The van der Waals surface area contributed by atoms with E-state index in [-0.39, 0.29) is 24.3 Å². The molecule has 0 saturated heterocycles. The number of carbonyl (C=O) groups excluding carboxylic acids is 1. The molecule has 0 aliphatic rings. The van der Waals surface area contributed by atoms with E-state index in [1.165, 1.54) is 12.1 Å². The minimum atomic E-state index is -1.22. The molecule has 0 fully saturated rings. The van der Waals surface area contributed by atoms with E-state index in [1.54, 1.807) is 37.3 Å². The number of aromatic carboxylic acids is 1. The van der Waals surface area contributed by atoms with Gasteiger partial charge in [0.25, 0.3) is 0 Å². The first-order chi connectivity index (χ1) is 12.5. The Bertz CT molecular complexity index is 772.